The largest absolute Gasteiger partial charge is 0.434 e. The number of hydrogen-bond acceptors (Lipinski definition) is 5. The summed E-state index contributed by atoms with van der Waals surface area (Å²) < 4.78 is 11.6. The van der Waals surface area contributed by atoms with E-state index in [1.807, 2.05) is 66.7 Å². The average Bonchev–Trinajstić information content (AvgIpc) is 4.12. The molecule has 4 aromatic heterocycles. The minimum atomic E-state index is 0.528. The standard InChI is InChI=1S/C62H38N6O/c1-4-18-39(19-5-1)45-30-15-24-40-25-16-31-46(55(40)45)43-26-14-27-44(38-43)61-63-51-32-17-35-54(58(51)69-61)67-52-33-12-10-28-47(52)49-36-37-50-48-29-11-13-34-53(48)68(57(50)56(49)67)62-65-59(41-20-6-2-7-21-41)64-60(66-62)42-22-8-3-9-23-42/h1-38H. The molecule has 0 saturated carbocycles. The van der Waals surface area contributed by atoms with Gasteiger partial charge in [-0.3, -0.25) is 4.57 Å². The van der Waals surface area contributed by atoms with E-state index in [4.69, 9.17) is 24.4 Å². The van der Waals surface area contributed by atoms with Crippen LogP contribution < -0.4 is 0 Å². The Morgan fingerprint density at radius 2 is 0.855 bits per heavy atom. The zero-order valence-electron chi connectivity index (χ0n) is 37.0. The molecule has 0 atom stereocenters. The van der Waals surface area contributed by atoms with Gasteiger partial charge >= 0.3 is 0 Å². The fraction of sp³-hybridized carbons (Fsp3) is 0. The molecule has 0 aliphatic carbocycles. The van der Waals surface area contributed by atoms with Gasteiger partial charge in [0.15, 0.2) is 17.2 Å². The maximum Gasteiger partial charge on any atom is 0.238 e. The van der Waals surface area contributed by atoms with Crippen molar-refractivity contribution in [3.05, 3.63) is 231 Å². The number of para-hydroxylation sites is 3. The number of hydrogen-bond donors (Lipinski definition) is 0. The van der Waals surface area contributed by atoms with Gasteiger partial charge in [0.1, 0.15) is 5.52 Å². The fourth-order valence-electron chi connectivity index (χ4n) is 10.3. The summed E-state index contributed by atoms with van der Waals surface area (Å²) in [6, 6.07) is 80.3. The average molecular weight is 883 g/mol. The van der Waals surface area contributed by atoms with Crippen LogP contribution in [0.3, 0.4) is 0 Å². The smallest absolute Gasteiger partial charge is 0.238 e. The molecule has 0 aliphatic rings. The van der Waals surface area contributed by atoms with Gasteiger partial charge in [0.2, 0.25) is 11.8 Å². The molecule has 0 saturated heterocycles. The van der Waals surface area contributed by atoms with E-state index in [-0.39, 0.29) is 0 Å². The van der Waals surface area contributed by atoms with Crippen molar-refractivity contribution in [1.82, 2.24) is 29.1 Å². The predicted octanol–water partition coefficient (Wildman–Crippen LogP) is 15.7. The number of benzene rings is 10. The Balaban J connectivity index is 1.00. The predicted molar refractivity (Wildman–Crippen MR) is 281 cm³/mol. The van der Waals surface area contributed by atoms with Crippen LogP contribution in [0.5, 0.6) is 0 Å². The molecule has 7 heteroatoms. The van der Waals surface area contributed by atoms with Gasteiger partial charge in [-0.15, -0.1) is 0 Å². The third-order valence-corrected chi connectivity index (χ3v) is 13.4. The Hall–Kier alpha value is -9.46. The lowest BCUT2D eigenvalue weighted by Gasteiger charge is -2.13. The normalized spacial score (nSPS) is 11.8. The van der Waals surface area contributed by atoms with Crippen molar-refractivity contribution in [3.8, 4) is 68.1 Å². The van der Waals surface area contributed by atoms with Crippen molar-refractivity contribution in [2.24, 2.45) is 0 Å². The maximum absolute atomic E-state index is 7.02. The second kappa shape index (κ2) is 15.6. The lowest BCUT2D eigenvalue weighted by atomic mass is 9.91. The molecule has 0 spiro atoms. The SMILES string of the molecule is c1ccc(-c2nc(-c3ccccc3)nc(-n3c4ccccc4c4ccc5c6ccccc6n(-c6cccc7nc(-c8cccc(-c9cccc%10cccc(-c%11ccccc%11)c9%10)c8)oc67)c5c43)n2)cc1. The monoisotopic (exact) mass is 882 g/mol. The van der Waals surface area contributed by atoms with Gasteiger partial charge in [0, 0.05) is 38.2 Å². The highest BCUT2D eigenvalue weighted by atomic mass is 16.3. The third-order valence-electron chi connectivity index (χ3n) is 13.4. The van der Waals surface area contributed by atoms with Crippen LogP contribution in [0.15, 0.2) is 235 Å². The first-order chi connectivity index (χ1) is 34.2. The number of oxazole rings is 1. The highest BCUT2D eigenvalue weighted by Gasteiger charge is 2.25. The summed E-state index contributed by atoms with van der Waals surface area (Å²) >= 11 is 0. The minimum absolute atomic E-state index is 0.528. The van der Waals surface area contributed by atoms with Crippen molar-refractivity contribution in [3.63, 3.8) is 0 Å². The molecular formula is C62H38N6O. The molecule has 69 heavy (non-hydrogen) atoms. The van der Waals surface area contributed by atoms with Gasteiger partial charge in [-0.25, -0.2) is 9.97 Å². The highest BCUT2D eigenvalue weighted by Crippen LogP contribution is 2.44. The van der Waals surface area contributed by atoms with Crippen LogP contribution in [0.4, 0.5) is 0 Å². The van der Waals surface area contributed by atoms with Crippen molar-refractivity contribution in [2.45, 2.75) is 0 Å². The van der Waals surface area contributed by atoms with Crippen molar-refractivity contribution in [1.29, 1.82) is 0 Å². The van der Waals surface area contributed by atoms with Crippen molar-refractivity contribution < 1.29 is 4.42 Å². The molecule has 0 N–H and O–H groups in total. The molecule has 14 rings (SSSR count). The molecule has 322 valence electrons. The molecule has 0 bridgehead atoms. The maximum atomic E-state index is 7.02. The van der Waals surface area contributed by atoms with Crippen LogP contribution in [0.1, 0.15) is 0 Å². The molecule has 4 heterocycles. The lowest BCUT2D eigenvalue weighted by Crippen LogP contribution is -2.07. The van der Waals surface area contributed by atoms with Crippen molar-refractivity contribution >= 4 is 65.5 Å². The summed E-state index contributed by atoms with van der Waals surface area (Å²) in [5.74, 6) is 2.27. The minimum Gasteiger partial charge on any atom is -0.434 e. The van der Waals surface area contributed by atoms with Gasteiger partial charge in [0.25, 0.3) is 0 Å². The third kappa shape index (κ3) is 6.21. The number of rotatable bonds is 7. The molecule has 0 aliphatic heterocycles. The molecule has 14 aromatic rings. The van der Waals surface area contributed by atoms with Crippen LogP contribution in [-0.2, 0) is 0 Å². The van der Waals surface area contributed by atoms with Gasteiger partial charge in [-0.2, -0.15) is 9.97 Å². The zero-order valence-corrected chi connectivity index (χ0v) is 37.0. The Morgan fingerprint density at radius 3 is 1.51 bits per heavy atom. The van der Waals surface area contributed by atoms with E-state index in [9.17, 15) is 0 Å². The summed E-state index contributed by atoms with van der Waals surface area (Å²) in [6.45, 7) is 0. The number of fused-ring (bicyclic) bond motifs is 9. The van der Waals surface area contributed by atoms with Crippen LogP contribution >= 0.6 is 0 Å². The van der Waals surface area contributed by atoms with Crippen LogP contribution in [0.25, 0.3) is 134 Å². The van der Waals surface area contributed by atoms with Gasteiger partial charge in [0.05, 0.1) is 27.8 Å². The Morgan fingerprint density at radius 1 is 0.348 bits per heavy atom. The zero-order chi connectivity index (χ0) is 45.4. The van der Waals surface area contributed by atoms with Crippen LogP contribution in [0, 0.1) is 0 Å². The van der Waals surface area contributed by atoms with Gasteiger partial charge in [-0.1, -0.05) is 194 Å². The number of nitrogens with zero attached hydrogens (tertiary/aromatic N) is 6. The second-order valence-electron chi connectivity index (χ2n) is 17.4. The Labute approximate surface area is 395 Å². The highest BCUT2D eigenvalue weighted by molar-refractivity contribution is 6.24. The van der Waals surface area contributed by atoms with E-state index >= 15 is 0 Å². The fourth-order valence-corrected chi connectivity index (χ4v) is 10.3. The molecule has 7 nitrogen and oxygen atoms in total. The molecule has 0 fully saturated rings. The van der Waals surface area contributed by atoms with Crippen LogP contribution in [0.2, 0.25) is 0 Å². The first-order valence-corrected chi connectivity index (χ1v) is 23.1. The summed E-state index contributed by atoms with van der Waals surface area (Å²) in [5, 5.41) is 6.78. The van der Waals surface area contributed by atoms with Gasteiger partial charge < -0.3 is 8.98 Å². The van der Waals surface area contributed by atoms with E-state index in [1.165, 1.54) is 21.9 Å². The van der Waals surface area contributed by atoms with Gasteiger partial charge in [-0.05, 0) is 69.4 Å². The summed E-state index contributed by atoms with van der Waals surface area (Å²) in [4.78, 5) is 20.8. The first kappa shape index (κ1) is 38.8. The summed E-state index contributed by atoms with van der Waals surface area (Å²) in [6.07, 6.45) is 0. The molecule has 0 radical (unpaired) electrons. The van der Waals surface area contributed by atoms with E-state index in [1.54, 1.807) is 0 Å². The van der Waals surface area contributed by atoms with E-state index in [2.05, 4.69) is 173 Å². The van der Waals surface area contributed by atoms with Crippen LogP contribution in [-0.4, -0.2) is 29.1 Å². The topological polar surface area (TPSA) is 74.6 Å². The quantitative estimate of drug-likeness (QED) is 0.159. The van der Waals surface area contributed by atoms with Crippen molar-refractivity contribution in [2.75, 3.05) is 0 Å². The van der Waals surface area contributed by atoms with E-state index in [0.717, 1.165) is 82.6 Å². The molecular weight excluding hydrogens is 845 g/mol. The van der Waals surface area contributed by atoms with E-state index < -0.39 is 0 Å². The Kier molecular flexibility index (Phi) is 8.75. The molecule has 0 amide bonds. The lowest BCUT2D eigenvalue weighted by molar-refractivity contribution is 0.618. The number of aromatic nitrogens is 6. The summed E-state index contributed by atoms with van der Waals surface area (Å²) in [7, 11) is 0. The molecule has 0 unspecified atom stereocenters. The van der Waals surface area contributed by atoms with E-state index in [0.29, 0.717) is 29.1 Å². The Bertz CT molecular complexity index is 4240. The first-order valence-electron chi connectivity index (χ1n) is 23.1. The molecule has 10 aromatic carbocycles. The summed E-state index contributed by atoms with van der Waals surface area (Å²) in [5.41, 5.74) is 13.7. The second-order valence-corrected chi connectivity index (χ2v) is 17.4.